The van der Waals surface area contributed by atoms with Crippen LogP contribution in [0.1, 0.15) is 11.5 Å². The Morgan fingerprint density at radius 1 is 1.37 bits per heavy atom. The zero-order valence-electron chi connectivity index (χ0n) is 10.2. The van der Waals surface area contributed by atoms with Gasteiger partial charge in [-0.3, -0.25) is 4.21 Å². The first-order valence-electron chi connectivity index (χ1n) is 5.65. The average Bonchev–Trinajstić information content (AvgIpc) is 3.07. The van der Waals surface area contributed by atoms with Gasteiger partial charge in [-0.2, -0.15) is 0 Å². The minimum atomic E-state index is -1.16. The van der Waals surface area contributed by atoms with Crippen LogP contribution in [0.5, 0.6) is 0 Å². The van der Waals surface area contributed by atoms with Gasteiger partial charge in [0, 0.05) is 0 Å². The van der Waals surface area contributed by atoms with Gasteiger partial charge in [0.15, 0.2) is 0 Å². The van der Waals surface area contributed by atoms with Gasteiger partial charge in [0.2, 0.25) is 5.89 Å². The van der Waals surface area contributed by atoms with Crippen LogP contribution in [0.4, 0.5) is 0 Å². The van der Waals surface area contributed by atoms with Crippen molar-refractivity contribution in [2.45, 2.75) is 17.6 Å². The van der Waals surface area contributed by atoms with Crippen molar-refractivity contribution in [3.8, 4) is 10.8 Å². The molecule has 0 bridgehead atoms. The Labute approximate surface area is 116 Å². The Bertz CT molecular complexity index is 697. The Morgan fingerprint density at radius 3 is 2.95 bits per heavy atom. The summed E-state index contributed by atoms with van der Waals surface area (Å²) in [5.41, 5.74) is 0.683. The van der Waals surface area contributed by atoms with E-state index in [1.54, 1.807) is 36.9 Å². The highest BCUT2D eigenvalue weighted by molar-refractivity contribution is 7.84. The van der Waals surface area contributed by atoms with E-state index in [9.17, 15) is 4.21 Å². The molecule has 0 amide bonds. The van der Waals surface area contributed by atoms with Gasteiger partial charge in [-0.05, 0) is 24.4 Å². The highest BCUT2D eigenvalue weighted by Gasteiger charge is 2.14. The fourth-order valence-electron chi connectivity index (χ4n) is 1.71. The lowest BCUT2D eigenvalue weighted by atomic mass is 10.5. The smallest absolute Gasteiger partial charge is 0.236 e. The SMILES string of the molecule is Cc1occc1[S@@](=O)Cc1coc(-c2cccs2)n1. The molecule has 3 rings (SSSR count). The van der Waals surface area contributed by atoms with Gasteiger partial charge < -0.3 is 8.83 Å². The molecule has 0 unspecified atom stereocenters. The predicted octanol–water partition coefficient (Wildman–Crippen LogP) is 3.61. The van der Waals surface area contributed by atoms with Crippen LogP contribution in [0.25, 0.3) is 10.8 Å². The van der Waals surface area contributed by atoms with Crippen molar-refractivity contribution < 1.29 is 13.0 Å². The summed E-state index contributed by atoms with van der Waals surface area (Å²) in [5, 5.41) is 1.96. The second-order valence-corrected chi connectivity index (χ2v) is 6.32. The molecule has 3 heterocycles. The molecular formula is C13H11NO3S2. The molecule has 19 heavy (non-hydrogen) atoms. The third kappa shape index (κ3) is 2.54. The Balaban J connectivity index is 1.78. The van der Waals surface area contributed by atoms with Crippen LogP contribution in [0, 0.1) is 6.92 Å². The zero-order chi connectivity index (χ0) is 13.2. The van der Waals surface area contributed by atoms with Crippen molar-refractivity contribution in [2.24, 2.45) is 0 Å². The number of furan rings is 1. The quantitative estimate of drug-likeness (QED) is 0.737. The molecule has 0 aliphatic heterocycles. The maximum Gasteiger partial charge on any atom is 0.236 e. The van der Waals surface area contributed by atoms with Crippen LogP contribution in [-0.4, -0.2) is 9.19 Å². The van der Waals surface area contributed by atoms with Crippen LogP contribution in [-0.2, 0) is 16.6 Å². The van der Waals surface area contributed by atoms with Crippen LogP contribution >= 0.6 is 11.3 Å². The summed E-state index contributed by atoms with van der Waals surface area (Å²) in [5.74, 6) is 1.58. The largest absolute Gasteiger partial charge is 0.468 e. The van der Waals surface area contributed by atoms with Crippen molar-refractivity contribution in [3.63, 3.8) is 0 Å². The van der Waals surface area contributed by atoms with Gasteiger partial charge in [0.1, 0.15) is 12.0 Å². The molecule has 0 spiro atoms. The maximum atomic E-state index is 12.2. The molecule has 0 radical (unpaired) electrons. The number of rotatable bonds is 4. The number of thiophene rings is 1. The first-order valence-corrected chi connectivity index (χ1v) is 7.84. The Morgan fingerprint density at radius 2 is 2.26 bits per heavy atom. The number of hydrogen-bond donors (Lipinski definition) is 0. The monoisotopic (exact) mass is 293 g/mol. The number of nitrogens with zero attached hydrogens (tertiary/aromatic N) is 1. The highest BCUT2D eigenvalue weighted by atomic mass is 32.2. The summed E-state index contributed by atoms with van der Waals surface area (Å²) in [7, 11) is -1.16. The summed E-state index contributed by atoms with van der Waals surface area (Å²) >= 11 is 1.56. The molecule has 4 nitrogen and oxygen atoms in total. The number of aromatic nitrogens is 1. The van der Waals surface area contributed by atoms with E-state index in [4.69, 9.17) is 8.83 Å². The number of aryl methyl sites for hydroxylation is 1. The van der Waals surface area contributed by atoms with Crippen molar-refractivity contribution in [3.05, 3.63) is 47.6 Å². The molecule has 0 saturated heterocycles. The normalized spacial score (nSPS) is 12.7. The van der Waals surface area contributed by atoms with E-state index in [-0.39, 0.29) is 0 Å². The summed E-state index contributed by atoms with van der Waals surface area (Å²) in [6.07, 6.45) is 3.10. The maximum absolute atomic E-state index is 12.2. The van der Waals surface area contributed by atoms with E-state index in [0.717, 1.165) is 4.88 Å². The molecule has 6 heteroatoms. The van der Waals surface area contributed by atoms with E-state index in [1.165, 1.54) is 0 Å². The fourth-order valence-corrected chi connectivity index (χ4v) is 3.50. The molecule has 1 atom stereocenters. The second kappa shape index (κ2) is 5.14. The minimum Gasteiger partial charge on any atom is -0.468 e. The Hall–Kier alpha value is -1.66. The molecule has 3 aromatic heterocycles. The zero-order valence-corrected chi connectivity index (χ0v) is 11.8. The molecular weight excluding hydrogens is 282 g/mol. The van der Waals surface area contributed by atoms with Gasteiger partial charge in [-0.15, -0.1) is 11.3 Å². The van der Waals surface area contributed by atoms with Crippen molar-refractivity contribution in [1.82, 2.24) is 4.98 Å². The lowest BCUT2D eigenvalue weighted by Gasteiger charge is -1.96. The van der Waals surface area contributed by atoms with Crippen molar-refractivity contribution in [1.29, 1.82) is 0 Å². The fraction of sp³-hybridized carbons (Fsp3) is 0.154. The first-order chi connectivity index (χ1) is 9.24. The van der Waals surface area contributed by atoms with Crippen molar-refractivity contribution in [2.75, 3.05) is 0 Å². The third-order valence-electron chi connectivity index (χ3n) is 2.62. The van der Waals surface area contributed by atoms with Gasteiger partial charge >= 0.3 is 0 Å². The minimum absolute atomic E-state index is 0.329. The topological polar surface area (TPSA) is 56.2 Å². The van der Waals surface area contributed by atoms with Crippen molar-refractivity contribution >= 4 is 22.1 Å². The Kier molecular flexibility index (Phi) is 3.35. The van der Waals surface area contributed by atoms with Gasteiger partial charge in [-0.1, -0.05) is 6.07 Å². The summed E-state index contributed by atoms with van der Waals surface area (Å²) in [6, 6.07) is 5.61. The molecule has 0 aliphatic carbocycles. The lowest BCUT2D eigenvalue weighted by Crippen LogP contribution is -1.97. The van der Waals surface area contributed by atoms with Crippen LogP contribution in [0.15, 0.2) is 49.8 Å². The lowest BCUT2D eigenvalue weighted by molar-refractivity contribution is 0.525. The van der Waals surface area contributed by atoms with Gasteiger partial charge in [0.25, 0.3) is 0 Å². The van der Waals surface area contributed by atoms with Gasteiger partial charge in [-0.25, -0.2) is 4.98 Å². The van der Waals surface area contributed by atoms with E-state index < -0.39 is 10.8 Å². The van der Waals surface area contributed by atoms with Crippen LogP contribution in [0.2, 0.25) is 0 Å². The predicted molar refractivity (Wildman–Crippen MR) is 73.4 cm³/mol. The molecule has 0 N–H and O–H groups in total. The molecule has 0 aromatic carbocycles. The average molecular weight is 293 g/mol. The first kappa shape index (κ1) is 12.4. The summed E-state index contributed by atoms with van der Waals surface area (Å²) in [4.78, 5) is 6.03. The van der Waals surface area contributed by atoms with E-state index >= 15 is 0 Å². The number of hydrogen-bond acceptors (Lipinski definition) is 5. The number of oxazole rings is 1. The molecule has 0 saturated carbocycles. The molecule has 3 aromatic rings. The highest BCUT2D eigenvalue weighted by Crippen LogP contribution is 2.25. The second-order valence-electron chi connectivity index (χ2n) is 3.95. The van der Waals surface area contributed by atoms with E-state index in [1.807, 2.05) is 17.5 Å². The van der Waals surface area contributed by atoms with Crippen LogP contribution < -0.4 is 0 Å². The molecule has 0 aliphatic rings. The van der Waals surface area contributed by atoms with Crippen LogP contribution in [0.3, 0.4) is 0 Å². The molecule has 0 fully saturated rings. The standard InChI is InChI=1S/C13H11NO3S2/c1-9-12(4-5-16-9)19(15)8-10-7-17-13(14-10)11-3-2-6-18-11/h2-7H,8H2,1H3/t19-/m0/s1. The van der Waals surface area contributed by atoms with Gasteiger partial charge in [0.05, 0.1) is 38.3 Å². The summed E-state index contributed by atoms with van der Waals surface area (Å²) in [6.45, 7) is 1.80. The van der Waals surface area contributed by atoms with E-state index in [0.29, 0.717) is 28.0 Å². The molecule has 98 valence electrons. The summed E-state index contributed by atoms with van der Waals surface area (Å²) < 4.78 is 22.7. The third-order valence-corrected chi connectivity index (χ3v) is 4.95. The van der Waals surface area contributed by atoms with E-state index in [2.05, 4.69) is 4.98 Å².